The lowest BCUT2D eigenvalue weighted by Crippen LogP contribution is -2.43. The number of benzene rings is 3. The van der Waals surface area contributed by atoms with Crippen LogP contribution in [-0.2, 0) is 26.0 Å². The maximum Gasteiger partial charge on any atom is 0.338 e. The predicted octanol–water partition coefficient (Wildman–Crippen LogP) is 3.64. The maximum absolute atomic E-state index is 13.0. The van der Waals surface area contributed by atoms with Crippen LogP contribution in [0.5, 0.6) is 5.75 Å². The number of para-hydroxylation sites is 1. The molecule has 8 heteroatoms. The summed E-state index contributed by atoms with van der Waals surface area (Å²) in [6, 6.07) is 24.5. The third-order valence-corrected chi connectivity index (χ3v) is 7.29. The molecule has 0 radical (unpaired) electrons. The summed E-state index contributed by atoms with van der Waals surface area (Å²) in [5.74, 6) is -0.577. The van der Waals surface area contributed by atoms with Crippen LogP contribution >= 0.6 is 0 Å². The van der Waals surface area contributed by atoms with Gasteiger partial charge in [-0.05, 0) is 48.4 Å². The zero-order valence-corrected chi connectivity index (χ0v) is 19.3. The Balaban J connectivity index is 1.36. The lowest BCUT2D eigenvalue weighted by atomic mass is 10.2. The SMILES string of the molecule is O=C(OCC(=O)N(c1ccccc1)C1CCS(=O)(=O)C1)c1ccc(OCc2ccccc2)cc1. The molecule has 1 unspecified atom stereocenters. The van der Waals surface area contributed by atoms with E-state index >= 15 is 0 Å². The van der Waals surface area contributed by atoms with E-state index in [9.17, 15) is 18.0 Å². The van der Waals surface area contributed by atoms with E-state index in [4.69, 9.17) is 9.47 Å². The first kappa shape index (κ1) is 23.5. The Labute approximate surface area is 198 Å². The number of ether oxygens (including phenoxy) is 2. The van der Waals surface area contributed by atoms with Crippen molar-refractivity contribution >= 4 is 27.4 Å². The zero-order valence-electron chi connectivity index (χ0n) is 18.5. The molecule has 0 spiro atoms. The number of sulfone groups is 1. The summed E-state index contributed by atoms with van der Waals surface area (Å²) in [5, 5.41) is 0. The molecule has 1 fully saturated rings. The summed E-state index contributed by atoms with van der Waals surface area (Å²) < 4.78 is 34.9. The van der Waals surface area contributed by atoms with Crippen LogP contribution in [0.4, 0.5) is 5.69 Å². The fourth-order valence-corrected chi connectivity index (χ4v) is 5.53. The Morgan fingerprint density at radius 3 is 2.15 bits per heavy atom. The average molecular weight is 480 g/mol. The van der Waals surface area contributed by atoms with Gasteiger partial charge < -0.3 is 14.4 Å². The number of anilines is 1. The molecule has 0 aliphatic carbocycles. The van der Waals surface area contributed by atoms with Gasteiger partial charge in [-0.3, -0.25) is 4.79 Å². The fourth-order valence-electron chi connectivity index (χ4n) is 3.83. The second-order valence-corrected chi connectivity index (χ2v) is 10.3. The van der Waals surface area contributed by atoms with E-state index in [-0.39, 0.29) is 17.1 Å². The van der Waals surface area contributed by atoms with E-state index in [1.165, 1.54) is 4.90 Å². The molecule has 176 valence electrons. The standard InChI is InChI=1S/C26H25NO6S/c28-25(27(22-9-5-2-6-10-22)23-15-16-34(30,31)19-23)18-33-26(29)21-11-13-24(14-12-21)32-17-20-7-3-1-4-8-20/h1-14,23H,15-19H2. The van der Waals surface area contributed by atoms with E-state index in [1.54, 1.807) is 48.5 Å². The Kier molecular flexibility index (Phi) is 7.27. The summed E-state index contributed by atoms with van der Waals surface area (Å²) in [5.41, 5.74) is 1.89. The average Bonchev–Trinajstić information content (AvgIpc) is 3.22. The predicted molar refractivity (Wildman–Crippen MR) is 128 cm³/mol. The quantitative estimate of drug-likeness (QED) is 0.458. The van der Waals surface area contributed by atoms with Gasteiger partial charge in [0.2, 0.25) is 0 Å². The van der Waals surface area contributed by atoms with Crippen LogP contribution in [-0.4, -0.2) is 44.4 Å². The third-order valence-electron chi connectivity index (χ3n) is 5.54. The van der Waals surface area contributed by atoms with Crippen molar-refractivity contribution in [2.45, 2.75) is 19.1 Å². The Morgan fingerprint density at radius 2 is 1.53 bits per heavy atom. The summed E-state index contributed by atoms with van der Waals surface area (Å²) in [6.45, 7) is -0.0815. The first-order valence-electron chi connectivity index (χ1n) is 10.9. The molecule has 0 bridgehead atoms. The van der Waals surface area contributed by atoms with Gasteiger partial charge in [0.05, 0.1) is 23.1 Å². The smallest absolute Gasteiger partial charge is 0.338 e. The molecule has 34 heavy (non-hydrogen) atoms. The van der Waals surface area contributed by atoms with Crippen molar-refractivity contribution in [1.29, 1.82) is 0 Å². The highest BCUT2D eigenvalue weighted by atomic mass is 32.2. The van der Waals surface area contributed by atoms with Gasteiger partial charge in [-0.2, -0.15) is 0 Å². The van der Waals surface area contributed by atoms with E-state index in [0.29, 0.717) is 24.5 Å². The number of esters is 1. The van der Waals surface area contributed by atoms with Crippen molar-refractivity contribution in [1.82, 2.24) is 0 Å². The van der Waals surface area contributed by atoms with Crippen molar-refractivity contribution in [3.8, 4) is 5.75 Å². The molecule has 3 aromatic rings. The summed E-state index contributed by atoms with van der Waals surface area (Å²) in [7, 11) is -3.20. The number of hydrogen-bond acceptors (Lipinski definition) is 6. The monoisotopic (exact) mass is 479 g/mol. The van der Waals surface area contributed by atoms with Gasteiger partial charge in [0.1, 0.15) is 12.4 Å². The van der Waals surface area contributed by atoms with Gasteiger partial charge in [0.15, 0.2) is 16.4 Å². The summed E-state index contributed by atoms with van der Waals surface area (Å²) in [6.07, 6.45) is 0.349. The number of carbonyl (C=O) groups is 2. The van der Waals surface area contributed by atoms with Crippen LogP contribution in [0.2, 0.25) is 0 Å². The van der Waals surface area contributed by atoms with Crippen LogP contribution < -0.4 is 9.64 Å². The first-order chi connectivity index (χ1) is 16.4. The van der Waals surface area contributed by atoms with Crippen molar-refractivity contribution in [2.75, 3.05) is 23.0 Å². The lowest BCUT2D eigenvalue weighted by molar-refractivity contribution is -0.122. The molecule has 1 aliphatic rings. The molecule has 1 heterocycles. The van der Waals surface area contributed by atoms with E-state index in [2.05, 4.69) is 0 Å². The minimum Gasteiger partial charge on any atom is -0.489 e. The van der Waals surface area contributed by atoms with Crippen LogP contribution in [0.1, 0.15) is 22.3 Å². The molecule has 1 aliphatic heterocycles. The Morgan fingerprint density at radius 1 is 0.882 bits per heavy atom. The van der Waals surface area contributed by atoms with Gasteiger partial charge in [-0.1, -0.05) is 48.5 Å². The van der Waals surface area contributed by atoms with Crippen LogP contribution in [0, 0.1) is 0 Å². The normalized spacial score (nSPS) is 16.5. The highest BCUT2D eigenvalue weighted by Gasteiger charge is 2.35. The molecule has 7 nitrogen and oxygen atoms in total. The van der Waals surface area contributed by atoms with Gasteiger partial charge in [0, 0.05) is 5.69 Å². The highest BCUT2D eigenvalue weighted by molar-refractivity contribution is 7.91. The van der Waals surface area contributed by atoms with Crippen molar-refractivity contribution < 1.29 is 27.5 Å². The minimum atomic E-state index is -3.20. The van der Waals surface area contributed by atoms with Gasteiger partial charge >= 0.3 is 5.97 Å². The zero-order chi connectivity index (χ0) is 24.0. The van der Waals surface area contributed by atoms with Gasteiger partial charge in [-0.25, -0.2) is 13.2 Å². The Hall–Kier alpha value is -3.65. The molecule has 0 saturated carbocycles. The molecule has 0 aromatic heterocycles. The fraction of sp³-hybridized carbons (Fsp3) is 0.231. The lowest BCUT2D eigenvalue weighted by Gasteiger charge is -2.28. The summed E-state index contributed by atoms with van der Waals surface area (Å²) in [4.78, 5) is 26.9. The number of carbonyl (C=O) groups excluding carboxylic acids is 2. The van der Waals surface area contributed by atoms with Crippen LogP contribution in [0.25, 0.3) is 0 Å². The molecule has 1 saturated heterocycles. The first-order valence-corrected chi connectivity index (χ1v) is 12.7. The third kappa shape index (κ3) is 6.02. The Bertz CT molecular complexity index is 1230. The second-order valence-electron chi connectivity index (χ2n) is 8.03. The van der Waals surface area contributed by atoms with Crippen molar-refractivity contribution in [3.05, 3.63) is 96.1 Å². The van der Waals surface area contributed by atoms with Crippen molar-refractivity contribution in [3.63, 3.8) is 0 Å². The van der Waals surface area contributed by atoms with Crippen LogP contribution in [0.15, 0.2) is 84.9 Å². The minimum absolute atomic E-state index is 0.0345. The molecule has 0 N–H and O–H groups in total. The molecule has 1 amide bonds. The number of nitrogens with zero attached hydrogens (tertiary/aromatic N) is 1. The second kappa shape index (κ2) is 10.5. The largest absolute Gasteiger partial charge is 0.489 e. The number of amides is 1. The van der Waals surface area contributed by atoms with E-state index in [0.717, 1.165) is 5.56 Å². The molecular formula is C26H25NO6S. The number of rotatable bonds is 8. The van der Waals surface area contributed by atoms with Crippen molar-refractivity contribution in [2.24, 2.45) is 0 Å². The highest BCUT2D eigenvalue weighted by Crippen LogP contribution is 2.25. The van der Waals surface area contributed by atoms with Gasteiger partial charge in [0.25, 0.3) is 5.91 Å². The number of hydrogen-bond donors (Lipinski definition) is 0. The summed E-state index contributed by atoms with van der Waals surface area (Å²) >= 11 is 0. The molecule has 4 rings (SSSR count). The topological polar surface area (TPSA) is 90.0 Å². The molecule has 1 atom stereocenters. The van der Waals surface area contributed by atoms with Gasteiger partial charge in [-0.15, -0.1) is 0 Å². The molecule has 3 aromatic carbocycles. The van der Waals surface area contributed by atoms with Crippen LogP contribution in [0.3, 0.4) is 0 Å². The maximum atomic E-state index is 13.0. The van der Waals surface area contributed by atoms with E-state index in [1.807, 2.05) is 36.4 Å². The molecular weight excluding hydrogens is 454 g/mol. The van der Waals surface area contributed by atoms with E-state index < -0.39 is 34.4 Å².